The number of anilines is 1. The Morgan fingerprint density at radius 2 is 2.03 bits per heavy atom. The summed E-state index contributed by atoms with van der Waals surface area (Å²) in [6.45, 7) is 3.72. The predicted octanol–water partition coefficient (Wildman–Crippen LogP) is 0.471. The average Bonchev–Trinajstić information content (AvgIpc) is 3.38. The molecule has 0 radical (unpaired) electrons. The molecule has 1 saturated heterocycles. The van der Waals surface area contributed by atoms with E-state index in [0.29, 0.717) is 35.9 Å². The van der Waals surface area contributed by atoms with Crippen molar-refractivity contribution in [2.45, 2.75) is 39.0 Å². The van der Waals surface area contributed by atoms with Crippen LogP contribution in [0, 0.1) is 0 Å². The van der Waals surface area contributed by atoms with Gasteiger partial charge < -0.3 is 24.8 Å². The van der Waals surface area contributed by atoms with E-state index >= 15 is 0 Å². The van der Waals surface area contributed by atoms with Crippen molar-refractivity contribution in [2.75, 3.05) is 31.7 Å². The van der Waals surface area contributed by atoms with Crippen LogP contribution in [-0.2, 0) is 35.1 Å². The third-order valence-corrected chi connectivity index (χ3v) is 5.08. The fourth-order valence-corrected chi connectivity index (χ4v) is 3.74. The van der Waals surface area contributed by atoms with E-state index in [1.807, 2.05) is 0 Å². The summed E-state index contributed by atoms with van der Waals surface area (Å²) in [6, 6.07) is 4.70. The van der Waals surface area contributed by atoms with Gasteiger partial charge in [0.05, 0.1) is 24.9 Å². The first-order valence-corrected chi connectivity index (χ1v) is 10.1. The van der Waals surface area contributed by atoms with Crippen molar-refractivity contribution in [1.82, 2.24) is 10.6 Å². The number of carbonyl (C=O) groups is 4. The molecule has 0 spiro atoms. The van der Waals surface area contributed by atoms with E-state index in [9.17, 15) is 19.2 Å². The van der Waals surface area contributed by atoms with Crippen LogP contribution >= 0.6 is 0 Å². The van der Waals surface area contributed by atoms with E-state index in [-0.39, 0.29) is 31.9 Å². The zero-order valence-corrected chi connectivity index (χ0v) is 18.2. The maximum Gasteiger partial charge on any atom is 0.337 e. The van der Waals surface area contributed by atoms with Crippen molar-refractivity contribution in [3.05, 3.63) is 29.3 Å². The first-order chi connectivity index (χ1) is 15.3. The van der Waals surface area contributed by atoms with E-state index in [1.54, 1.807) is 12.1 Å². The number of ether oxygens (including phenoxy) is 3. The molecule has 1 aromatic rings. The fourth-order valence-electron chi connectivity index (χ4n) is 3.74. The maximum atomic E-state index is 13.0. The number of methoxy groups -OCH3 is 1. The summed E-state index contributed by atoms with van der Waals surface area (Å²) >= 11 is 0. The minimum atomic E-state index is -1.49. The van der Waals surface area contributed by atoms with Gasteiger partial charge in [-0.3, -0.25) is 24.3 Å². The first-order valence-electron chi connectivity index (χ1n) is 10.1. The van der Waals surface area contributed by atoms with Crippen LogP contribution in [0.15, 0.2) is 23.2 Å². The number of esters is 3. The van der Waals surface area contributed by atoms with E-state index in [1.165, 1.54) is 31.9 Å². The lowest BCUT2D eigenvalue weighted by Crippen LogP contribution is -2.53. The van der Waals surface area contributed by atoms with Crippen molar-refractivity contribution < 1.29 is 33.4 Å². The van der Waals surface area contributed by atoms with Gasteiger partial charge in [-0.2, -0.15) is 0 Å². The molecule has 1 fully saturated rings. The van der Waals surface area contributed by atoms with Crippen molar-refractivity contribution >= 4 is 35.5 Å². The van der Waals surface area contributed by atoms with E-state index in [4.69, 9.17) is 14.2 Å². The zero-order valence-electron chi connectivity index (χ0n) is 18.2. The van der Waals surface area contributed by atoms with Crippen LogP contribution in [0.4, 0.5) is 5.69 Å². The summed E-state index contributed by atoms with van der Waals surface area (Å²) in [5.41, 5.74) is -0.211. The molecule has 2 aliphatic heterocycles. The van der Waals surface area contributed by atoms with Gasteiger partial charge in [-0.15, -0.1) is 0 Å². The highest BCUT2D eigenvalue weighted by Gasteiger charge is 2.51. The number of hydrogen-bond acceptors (Lipinski definition) is 10. The Labute approximate surface area is 185 Å². The van der Waals surface area contributed by atoms with Crippen molar-refractivity contribution in [1.29, 1.82) is 0 Å². The normalized spacial score (nSPS) is 19.8. The van der Waals surface area contributed by atoms with Crippen LogP contribution in [0.1, 0.15) is 42.6 Å². The second-order valence-electron chi connectivity index (χ2n) is 7.39. The van der Waals surface area contributed by atoms with Gasteiger partial charge in [-0.1, -0.05) is 0 Å². The number of rotatable bonds is 7. The molecular formula is C21H26N4O7. The topological polar surface area (TPSA) is 136 Å². The van der Waals surface area contributed by atoms with Crippen molar-refractivity contribution in [2.24, 2.45) is 4.99 Å². The minimum absolute atomic E-state index is 0.0917. The highest BCUT2D eigenvalue weighted by atomic mass is 16.6. The highest BCUT2D eigenvalue weighted by Crippen LogP contribution is 2.39. The molecule has 0 aromatic heterocycles. The Kier molecular flexibility index (Phi) is 6.96. The Hall–Kier alpha value is -3.63. The molecule has 3 rings (SSSR count). The van der Waals surface area contributed by atoms with Gasteiger partial charge in [0.2, 0.25) is 11.6 Å². The zero-order chi connectivity index (χ0) is 23.3. The molecule has 0 bridgehead atoms. The standard InChI is InChI=1S/C21H26N4O7/c1-13(26)31-12-21(32-14(2)27)7-6-18(28)25(21)17-5-4-15(19(29)30-3)10-16(17)11-24-20-22-8-9-23-20/h4-5,10H,6-9,11-12H2,1-3H3,(H2,22,23,24). The fraction of sp³-hybridized carbons (Fsp3) is 0.476. The van der Waals surface area contributed by atoms with Gasteiger partial charge in [0, 0.05) is 39.8 Å². The molecule has 1 aromatic carbocycles. The molecule has 11 heteroatoms. The third kappa shape index (κ3) is 4.98. The Morgan fingerprint density at radius 1 is 1.25 bits per heavy atom. The smallest absolute Gasteiger partial charge is 0.337 e. The minimum Gasteiger partial charge on any atom is -0.465 e. The summed E-state index contributed by atoms with van der Waals surface area (Å²) in [4.78, 5) is 54.0. The van der Waals surface area contributed by atoms with Gasteiger partial charge in [0.25, 0.3) is 0 Å². The first kappa shape index (κ1) is 23.0. The summed E-state index contributed by atoms with van der Waals surface area (Å²) in [5.74, 6) is -1.43. The quantitative estimate of drug-likeness (QED) is 0.452. The molecule has 1 atom stereocenters. The molecule has 172 valence electrons. The number of aliphatic imine (C=N–C) groups is 1. The van der Waals surface area contributed by atoms with Crippen LogP contribution in [0.25, 0.3) is 0 Å². The summed E-state index contributed by atoms with van der Waals surface area (Å²) < 4.78 is 15.5. The average molecular weight is 446 g/mol. The molecule has 2 aliphatic rings. The SMILES string of the molecule is COC(=O)c1ccc(N2C(=O)CCC2(COC(C)=O)OC(C)=O)c(CNC2=NCCN2)c1. The molecule has 2 heterocycles. The van der Waals surface area contributed by atoms with Gasteiger partial charge in [0.1, 0.15) is 0 Å². The lowest BCUT2D eigenvalue weighted by Gasteiger charge is -2.37. The third-order valence-electron chi connectivity index (χ3n) is 5.08. The van der Waals surface area contributed by atoms with Gasteiger partial charge in [0.15, 0.2) is 12.6 Å². The van der Waals surface area contributed by atoms with E-state index in [2.05, 4.69) is 15.6 Å². The Balaban J connectivity index is 2.03. The number of benzene rings is 1. The Bertz CT molecular complexity index is 961. The number of guanidine groups is 1. The highest BCUT2D eigenvalue weighted by molar-refractivity contribution is 5.99. The number of hydrogen-bond donors (Lipinski definition) is 2. The van der Waals surface area contributed by atoms with E-state index < -0.39 is 23.6 Å². The molecule has 0 aliphatic carbocycles. The summed E-state index contributed by atoms with van der Waals surface area (Å²) in [5, 5.41) is 6.22. The maximum absolute atomic E-state index is 13.0. The predicted molar refractivity (Wildman–Crippen MR) is 113 cm³/mol. The van der Waals surface area contributed by atoms with Crippen molar-refractivity contribution in [3.8, 4) is 0 Å². The van der Waals surface area contributed by atoms with Crippen LogP contribution in [0.2, 0.25) is 0 Å². The second-order valence-corrected chi connectivity index (χ2v) is 7.39. The van der Waals surface area contributed by atoms with Crippen LogP contribution in [-0.4, -0.2) is 62.3 Å². The largest absolute Gasteiger partial charge is 0.465 e. The molecule has 11 nitrogen and oxygen atoms in total. The van der Waals surface area contributed by atoms with Gasteiger partial charge >= 0.3 is 17.9 Å². The molecular weight excluding hydrogens is 420 g/mol. The lowest BCUT2D eigenvalue weighted by atomic mass is 10.0. The molecule has 1 amide bonds. The van der Waals surface area contributed by atoms with E-state index in [0.717, 1.165) is 0 Å². The molecule has 0 saturated carbocycles. The second kappa shape index (κ2) is 9.67. The van der Waals surface area contributed by atoms with Crippen LogP contribution in [0.5, 0.6) is 0 Å². The number of nitrogens with one attached hydrogen (secondary N) is 2. The van der Waals surface area contributed by atoms with Crippen molar-refractivity contribution in [3.63, 3.8) is 0 Å². The molecule has 32 heavy (non-hydrogen) atoms. The number of amides is 1. The van der Waals surface area contributed by atoms with Crippen LogP contribution in [0.3, 0.4) is 0 Å². The number of carbonyl (C=O) groups excluding carboxylic acids is 4. The van der Waals surface area contributed by atoms with Crippen LogP contribution < -0.4 is 15.5 Å². The molecule has 2 N–H and O–H groups in total. The lowest BCUT2D eigenvalue weighted by molar-refractivity contribution is -0.169. The summed E-state index contributed by atoms with van der Waals surface area (Å²) in [6.07, 6.45) is 0.243. The number of nitrogens with zero attached hydrogens (tertiary/aromatic N) is 2. The van der Waals surface area contributed by atoms with Gasteiger partial charge in [-0.05, 0) is 23.8 Å². The van der Waals surface area contributed by atoms with Gasteiger partial charge in [-0.25, -0.2) is 4.79 Å². The monoisotopic (exact) mass is 446 g/mol. The molecule has 1 unspecified atom stereocenters. The summed E-state index contributed by atoms with van der Waals surface area (Å²) in [7, 11) is 1.28. The Morgan fingerprint density at radius 3 is 2.66 bits per heavy atom.